The van der Waals surface area contributed by atoms with E-state index in [4.69, 9.17) is 4.74 Å². The highest BCUT2D eigenvalue weighted by molar-refractivity contribution is 14.0. The SMILES string of the molecule is CCNC(=NCC(=O)NCCOC)NC(C)CCC(C)(C)C.I. The van der Waals surface area contributed by atoms with Crippen molar-refractivity contribution in [3.8, 4) is 0 Å². The van der Waals surface area contributed by atoms with Crippen molar-refractivity contribution in [3.63, 3.8) is 0 Å². The minimum atomic E-state index is -0.100. The van der Waals surface area contributed by atoms with Gasteiger partial charge in [0.15, 0.2) is 5.96 Å². The molecule has 0 saturated heterocycles. The van der Waals surface area contributed by atoms with Gasteiger partial charge in [-0.05, 0) is 32.1 Å². The van der Waals surface area contributed by atoms with E-state index in [0.29, 0.717) is 30.6 Å². The number of guanidine groups is 1. The Morgan fingerprint density at radius 3 is 2.43 bits per heavy atom. The number of amides is 1. The first kappa shape index (κ1) is 24.7. The largest absolute Gasteiger partial charge is 0.383 e. The number of aliphatic imine (C=N–C) groups is 1. The molecule has 23 heavy (non-hydrogen) atoms. The maximum Gasteiger partial charge on any atom is 0.241 e. The highest BCUT2D eigenvalue weighted by Crippen LogP contribution is 2.21. The monoisotopic (exact) mass is 442 g/mol. The Morgan fingerprint density at radius 2 is 1.91 bits per heavy atom. The van der Waals surface area contributed by atoms with Crippen molar-refractivity contribution < 1.29 is 9.53 Å². The molecule has 1 atom stereocenters. The Hall–Kier alpha value is -0.570. The molecule has 1 amide bonds. The summed E-state index contributed by atoms with van der Waals surface area (Å²) in [4.78, 5) is 16.0. The fourth-order valence-electron chi connectivity index (χ4n) is 1.77. The number of nitrogens with zero attached hydrogens (tertiary/aromatic N) is 1. The molecule has 0 aromatic heterocycles. The summed E-state index contributed by atoms with van der Waals surface area (Å²) in [7, 11) is 1.61. The number of carbonyl (C=O) groups is 1. The molecule has 0 aliphatic rings. The normalized spacial score (nSPS) is 13.0. The second kappa shape index (κ2) is 13.8. The summed E-state index contributed by atoms with van der Waals surface area (Å²) >= 11 is 0. The third-order valence-electron chi connectivity index (χ3n) is 3.06. The van der Waals surface area contributed by atoms with Gasteiger partial charge in [0.2, 0.25) is 5.91 Å². The van der Waals surface area contributed by atoms with Crippen LogP contribution in [0.5, 0.6) is 0 Å². The minimum Gasteiger partial charge on any atom is -0.383 e. The summed E-state index contributed by atoms with van der Waals surface area (Å²) in [6.07, 6.45) is 2.20. The predicted octanol–water partition coefficient (Wildman–Crippen LogP) is 2.14. The first-order valence-corrected chi connectivity index (χ1v) is 8.09. The molecule has 3 N–H and O–H groups in total. The summed E-state index contributed by atoms with van der Waals surface area (Å²) in [6.45, 7) is 12.8. The van der Waals surface area contributed by atoms with Gasteiger partial charge in [0.25, 0.3) is 0 Å². The van der Waals surface area contributed by atoms with Crippen molar-refractivity contribution in [3.05, 3.63) is 0 Å². The highest BCUT2D eigenvalue weighted by atomic mass is 127. The van der Waals surface area contributed by atoms with Gasteiger partial charge < -0.3 is 20.7 Å². The van der Waals surface area contributed by atoms with Crippen LogP contribution in [-0.4, -0.2) is 51.3 Å². The zero-order chi connectivity index (χ0) is 17.0. The molecule has 0 heterocycles. The van der Waals surface area contributed by atoms with Gasteiger partial charge in [0.05, 0.1) is 6.61 Å². The number of hydrogen-bond donors (Lipinski definition) is 3. The molecule has 0 aliphatic heterocycles. The van der Waals surface area contributed by atoms with Crippen molar-refractivity contribution >= 4 is 35.8 Å². The van der Waals surface area contributed by atoms with Gasteiger partial charge in [-0.3, -0.25) is 4.79 Å². The van der Waals surface area contributed by atoms with Gasteiger partial charge in [-0.25, -0.2) is 4.99 Å². The van der Waals surface area contributed by atoms with Crippen LogP contribution in [0.4, 0.5) is 0 Å². The second-order valence-electron chi connectivity index (χ2n) is 6.68. The van der Waals surface area contributed by atoms with Gasteiger partial charge in [-0.2, -0.15) is 0 Å². The molecule has 0 aromatic carbocycles. The van der Waals surface area contributed by atoms with E-state index < -0.39 is 0 Å². The predicted molar refractivity (Wildman–Crippen MR) is 108 cm³/mol. The van der Waals surface area contributed by atoms with Crippen molar-refractivity contribution in [2.75, 3.05) is 33.4 Å². The van der Waals surface area contributed by atoms with E-state index in [9.17, 15) is 4.79 Å². The number of hydrogen-bond acceptors (Lipinski definition) is 3. The molecular weight excluding hydrogens is 407 g/mol. The summed E-state index contributed by atoms with van der Waals surface area (Å²) in [5, 5.41) is 9.27. The van der Waals surface area contributed by atoms with Crippen molar-refractivity contribution in [1.82, 2.24) is 16.0 Å². The standard InChI is InChI=1S/C16H34N4O2.HI/c1-7-17-15(19-12-14(21)18-10-11-22-6)20-13(2)8-9-16(3,4)5;/h13H,7-12H2,1-6H3,(H,18,21)(H2,17,19,20);1H. The van der Waals surface area contributed by atoms with E-state index in [2.05, 4.69) is 48.6 Å². The zero-order valence-corrected chi connectivity index (χ0v) is 17.8. The number of carbonyl (C=O) groups excluding carboxylic acids is 1. The fraction of sp³-hybridized carbons (Fsp3) is 0.875. The number of methoxy groups -OCH3 is 1. The Labute approximate surface area is 158 Å². The summed E-state index contributed by atoms with van der Waals surface area (Å²) < 4.78 is 4.89. The van der Waals surface area contributed by atoms with Crippen LogP contribution in [0.3, 0.4) is 0 Å². The molecule has 138 valence electrons. The Kier molecular flexibility index (Phi) is 14.8. The maximum absolute atomic E-state index is 11.6. The first-order valence-electron chi connectivity index (χ1n) is 8.09. The van der Waals surface area contributed by atoms with E-state index in [0.717, 1.165) is 19.4 Å². The zero-order valence-electron chi connectivity index (χ0n) is 15.5. The van der Waals surface area contributed by atoms with E-state index in [1.807, 2.05) is 6.92 Å². The third kappa shape index (κ3) is 16.1. The van der Waals surface area contributed by atoms with Crippen LogP contribution >= 0.6 is 24.0 Å². The third-order valence-corrected chi connectivity index (χ3v) is 3.06. The van der Waals surface area contributed by atoms with Crippen molar-refractivity contribution in [2.24, 2.45) is 10.4 Å². The summed E-state index contributed by atoms with van der Waals surface area (Å²) in [5.41, 5.74) is 0.326. The van der Waals surface area contributed by atoms with Crippen LogP contribution in [0.25, 0.3) is 0 Å². The molecule has 0 aliphatic carbocycles. The molecule has 0 spiro atoms. The Balaban J connectivity index is 0. The van der Waals surface area contributed by atoms with Crippen LogP contribution in [0.15, 0.2) is 4.99 Å². The second-order valence-corrected chi connectivity index (χ2v) is 6.68. The molecule has 1 unspecified atom stereocenters. The Morgan fingerprint density at radius 1 is 1.26 bits per heavy atom. The fourth-order valence-corrected chi connectivity index (χ4v) is 1.77. The number of ether oxygens (including phenoxy) is 1. The van der Waals surface area contributed by atoms with Gasteiger partial charge in [0.1, 0.15) is 6.54 Å². The molecule has 0 bridgehead atoms. The topological polar surface area (TPSA) is 74.8 Å². The number of rotatable bonds is 9. The van der Waals surface area contributed by atoms with Crippen molar-refractivity contribution in [1.29, 1.82) is 0 Å². The first-order chi connectivity index (χ1) is 10.3. The van der Waals surface area contributed by atoms with Crippen LogP contribution in [-0.2, 0) is 9.53 Å². The highest BCUT2D eigenvalue weighted by Gasteiger charge is 2.13. The lowest BCUT2D eigenvalue weighted by Gasteiger charge is -2.23. The Bertz CT molecular complexity index is 343. The minimum absolute atomic E-state index is 0. The molecule has 6 nitrogen and oxygen atoms in total. The lowest BCUT2D eigenvalue weighted by atomic mass is 9.89. The van der Waals surface area contributed by atoms with E-state index >= 15 is 0 Å². The van der Waals surface area contributed by atoms with Gasteiger partial charge in [-0.1, -0.05) is 20.8 Å². The quantitative estimate of drug-likeness (QED) is 0.221. The van der Waals surface area contributed by atoms with Crippen LogP contribution < -0.4 is 16.0 Å². The lowest BCUT2D eigenvalue weighted by Crippen LogP contribution is -2.43. The van der Waals surface area contributed by atoms with Crippen molar-refractivity contribution in [2.45, 2.75) is 53.5 Å². The average molecular weight is 442 g/mol. The van der Waals surface area contributed by atoms with E-state index in [1.54, 1.807) is 7.11 Å². The number of nitrogens with one attached hydrogen (secondary N) is 3. The van der Waals surface area contributed by atoms with Gasteiger partial charge in [0, 0.05) is 26.2 Å². The van der Waals surface area contributed by atoms with E-state index in [1.165, 1.54) is 0 Å². The molecule has 0 rings (SSSR count). The molecular formula is C16H35IN4O2. The van der Waals surface area contributed by atoms with Gasteiger partial charge in [-0.15, -0.1) is 24.0 Å². The maximum atomic E-state index is 11.6. The van der Waals surface area contributed by atoms with Crippen LogP contribution in [0, 0.1) is 5.41 Å². The molecule has 0 fully saturated rings. The molecule has 7 heteroatoms. The molecule has 0 aromatic rings. The smallest absolute Gasteiger partial charge is 0.241 e. The summed E-state index contributed by atoms with van der Waals surface area (Å²) in [5.74, 6) is 0.586. The summed E-state index contributed by atoms with van der Waals surface area (Å²) in [6, 6.07) is 0.313. The van der Waals surface area contributed by atoms with Gasteiger partial charge >= 0.3 is 0 Å². The lowest BCUT2D eigenvalue weighted by molar-refractivity contribution is -0.119. The molecule has 0 saturated carbocycles. The van der Waals surface area contributed by atoms with E-state index in [-0.39, 0.29) is 36.4 Å². The number of halogens is 1. The average Bonchev–Trinajstić information content (AvgIpc) is 2.42. The van der Waals surface area contributed by atoms with Crippen LogP contribution in [0.1, 0.15) is 47.5 Å². The molecule has 0 radical (unpaired) electrons. The van der Waals surface area contributed by atoms with Crippen LogP contribution in [0.2, 0.25) is 0 Å².